The summed E-state index contributed by atoms with van der Waals surface area (Å²) in [5.74, 6) is 0.312. The minimum Gasteiger partial charge on any atom is -0.481 e. The van der Waals surface area contributed by atoms with Gasteiger partial charge < -0.3 is 15.4 Å². The first kappa shape index (κ1) is 18.9. The van der Waals surface area contributed by atoms with Gasteiger partial charge in [0.2, 0.25) is 5.91 Å². The van der Waals surface area contributed by atoms with Crippen LogP contribution in [0.25, 0.3) is 0 Å². The van der Waals surface area contributed by atoms with E-state index < -0.39 is 6.10 Å². The summed E-state index contributed by atoms with van der Waals surface area (Å²) < 4.78 is 7.16. The number of rotatable bonds is 7. The Kier molecular flexibility index (Phi) is 6.11. The van der Waals surface area contributed by atoms with Crippen LogP contribution in [0.3, 0.4) is 0 Å². The van der Waals surface area contributed by atoms with Crippen LogP contribution in [-0.2, 0) is 16.1 Å². The molecule has 1 aromatic carbocycles. The zero-order chi connectivity index (χ0) is 19.2. The van der Waals surface area contributed by atoms with Crippen molar-refractivity contribution in [1.82, 2.24) is 15.1 Å². The Hall–Kier alpha value is -2.83. The Bertz CT molecular complexity index is 779. The molecular formula is C20H26N4O3. The number of nitrogens with zero attached hydrogens (tertiary/aromatic N) is 2. The first-order valence-corrected chi connectivity index (χ1v) is 9.35. The van der Waals surface area contributed by atoms with E-state index in [0.29, 0.717) is 11.4 Å². The molecule has 3 rings (SSSR count). The van der Waals surface area contributed by atoms with E-state index >= 15 is 0 Å². The highest BCUT2D eigenvalue weighted by molar-refractivity contribution is 5.93. The minimum atomic E-state index is -0.651. The van der Waals surface area contributed by atoms with E-state index in [1.54, 1.807) is 13.1 Å². The zero-order valence-electron chi connectivity index (χ0n) is 15.8. The van der Waals surface area contributed by atoms with Crippen molar-refractivity contribution >= 4 is 17.5 Å². The number of benzene rings is 1. The molecule has 2 aromatic rings. The van der Waals surface area contributed by atoms with E-state index in [-0.39, 0.29) is 24.4 Å². The molecule has 7 heteroatoms. The summed E-state index contributed by atoms with van der Waals surface area (Å²) >= 11 is 0. The lowest BCUT2D eigenvalue weighted by molar-refractivity contribution is -0.123. The lowest BCUT2D eigenvalue weighted by atomic mass is 10.2. The van der Waals surface area contributed by atoms with Crippen LogP contribution in [0.15, 0.2) is 36.7 Å². The average Bonchev–Trinajstić information content (AvgIpc) is 3.29. The van der Waals surface area contributed by atoms with Crippen LogP contribution >= 0.6 is 0 Å². The smallest absolute Gasteiger partial charge is 0.265 e. The van der Waals surface area contributed by atoms with Crippen LogP contribution in [0, 0.1) is 6.92 Å². The molecular weight excluding hydrogens is 344 g/mol. The highest BCUT2D eigenvalue weighted by Gasteiger charge is 2.18. The second kappa shape index (κ2) is 8.70. The molecule has 2 N–H and O–H groups in total. The molecule has 0 saturated heterocycles. The fraction of sp³-hybridized carbons (Fsp3) is 0.450. The molecule has 1 heterocycles. The number of ether oxygens (including phenoxy) is 1. The highest BCUT2D eigenvalue weighted by atomic mass is 16.5. The summed E-state index contributed by atoms with van der Waals surface area (Å²) in [6.45, 7) is 3.82. The third kappa shape index (κ3) is 5.57. The van der Waals surface area contributed by atoms with Crippen molar-refractivity contribution in [3.8, 4) is 5.75 Å². The number of amides is 2. The second-order valence-corrected chi connectivity index (χ2v) is 7.04. The van der Waals surface area contributed by atoms with Crippen molar-refractivity contribution in [2.75, 3.05) is 5.32 Å². The van der Waals surface area contributed by atoms with Gasteiger partial charge in [0, 0.05) is 12.2 Å². The second-order valence-electron chi connectivity index (χ2n) is 7.04. The maximum atomic E-state index is 12.3. The van der Waals surface area contributed by atoms with Gasteiger partial charge in [0.05, 0.1) is 11.9 Å². The van der Waals surface area contributed by atoms with Crippen LogP contribution in [0.1, 0.15) is 38.2 Å². The third-order valence-corrected chi connectivity index (χ3v) is 4.63. The fourth-order valence-corrected chi connectivity index (χ4v) is 3.12. The molecule has 1 saturated carbocycles. The van der Waals surface area contributed by atoms with Crippen molar-refractivity contribution in [3.05, 3.63) is 42.2 Å². The molecule has 1 aliphatic rings. The molecule has 0 aliphatic heterocycles. The van der Waals surface area contributed by atoms with E-state index in [4.69, 9.17) is 4.74 Å². The Balaban J connectivity index is 1.48. The molecule has 1 aliphatic carbocycles. The number of aromatic nitrogens is 2. The van der Waals surface area contributed by atoms with Gasteiger partial charge in [-0.1, -0.05) is 30.5 Å². The number of hydrogen-bond donors (Lipinski definition) is 2. The summed E-state index contributed by atoms with van der Waals surface area (Å²) in [5, 5.41) is 9.92. The molecule has 0 bridgehead atoms. The van der Waals surface area contributed by atoms with Gasteiger partial charge in [0.1, 0.15) is 12.3 Å². The van der Waals surface area contributed by atoms with Crippen molar-refractivity contribution in [2.45, 2.75) is 58.2 Å². The monoisotopic (exact) mass is 370 g/mol. The molecule has 1 atom stereocenters. The molecule has 0 spiro atoms. The molecule has 1 fully saturated rings. The largest absolute Gasteiger partial charge is 0.481 e. The van der Waals surface area contributed by atoms with Crippen LogP contribution in [0.5, 0.6) is 5.75 Å². The number of carbonyl (C=O) groups is 2. The standard InChI is InChI=1S/C20H26N4O3/c1-14-7-9-18(10-8-14)27-15(2)20(26)23-17-11-21-24(12-17)13-19(25)22-16-5-3-4-6-16/h7-12,15-16H,3-6,13H2,1-2H3,(H,22,25)(H,23,26). The van der Waals surface area contributed by atoms with Gasteiger partial charge in [0.15, 0.2) is 6.10 Å². The molecule has 144 valence electrons. The lowest BCUT2D eigenvalue weighted by Crippen LogP contribution is -2.35. The van der Waals surface area contributed by atoms with Gasteiger partial charge in [-0.25, -0.2) is 0 Å². The van der Waals surface area contributed by atoms with Crippen molar-refractivity contribution < 1.29 is 14.3 Å². The van der Waals surface area contributed by atoms with Gasteiger partial charge in [-0.3, -0.25) is 14.3 Å². The van der Waals surface area contributed by atoms with Crippen molar-refractivity contribution in [3.63, 3.8) is 0 Å². The SMILES string of the molecule is Cc1ccc(OC(C)C(=O)Nc2cnn(CC(=O)NC3CCCC3)c2)cc1. The van der Waals surface area contributed by atoms with E-state index in [9.17, 15) is 9.59 Å². The molecule has 2 amide bonds. The predicted octanol–water partition coefficient (Wildman–Crippen LogP) is 2.66. The van der Waals surface area contributed by atoms with Gasteiger partial charge in [-0.15, -0.1) is 0 Å². The maximum absolute atomic E-state index is 12.3. The summed E-state index contributed by atoms with van der Waals surface area (Å²) in [5.41, 5.74) is 1.66. The lowest BCUT2D eigenvalue weighted by Gasteiger charge is -2.14. The summed E-state index contributed by atoms with van der Waals surface area (Å²) in [6, 6.07) is 7.81. The molecule has 27 heavy (non-hydrogen) atoms. The zero-order valence-corrected chi connectivity index (χ0v) is 15.8. The topological polar surface area (TPSA) is 85.2 Å². The molecule has 0 radical (unpaired) electrons. The van der Waals surface area contributed by atoms with Crippen LogP contribution in [0.2, 0.25) is 0 Å². The maximum Gasteiger partial charge on any atom is 0.265 e. The highest BCUT2D eigenvalue weighted by Crippen LogP contribution is 2.17. The molecule has 1 aromatic heterocycles. The van der Waals surface area contributed by atoms with Crippen LogP contribution < -0.4 is 15.4 Å². The Morgan fingerprint density at radius 3 is 2.67 bits per heavy atom. The number of anilines is 1. The van der Waals surface area contributed by atoms with Gasteiger partial charge in [-0.05, 0) is 38.8 Å². The number of aryl methyl sites for hydroxylation is 1. The first-order valence-electron chi connectivity index (χ1n) is 9.35. The number of hydrogen-bond acceptors (Lipinski definition) is 4. The van der Waals surface area contributed by atoms with Crippen LogP contribution in [0.4, 0.5) is 5.69 Å². The summed E-state index contributed by atoms with van der Waals surface area (Å²) in [6.07, 6.45) is 6.96. The Labute approximate surface area is 159 Å². The Morgan fingerprint density at radius 1 is 1.26 bits per heavy atom. The van der Waals surface area contributed by atoms with Crippen molar-refractivity contribution in [2.24, 2.45) is 0 Å². The van der Waals surface area contributed by atoms with Gasteiger partial charge >= 0.3 is 0 Å². The summed E-state index contributed by atoms with van der Waals surface area (Å²) in [4.78, 5) is 24.3. The fourth-order valence-electron chi connectivity index (χ4n) is 3.12. The number of carbonyl (C=O) groups excluding carboxylic acids is 2. The predicted molar refractivity (Wildman–Crippen MR) is 103 cm³/mol. The molecule has 1 unspecified atom stereocenters. The normalized spacial score (nSPS) is 15.3. The minimum absolute atomic E-state index is 0.0565. The third-order valence-electron chi connectivity index (χ3n) is 4.63. The van der Waals surface area contributed by atoms with E-state index in [2.05, 4.69) is 15.7 Å². The van der Waals surface area contributed by atoms with E-state index in [1.807, 2.05) is 31.2 Å². The van der Waals surface area contributed by atoms with Gasteiger partial charge in [0.25, 0.3) is 5.91 Å². The van der Waals surface area contributed by atoms with E-state index in [0.717, 1.165) is 18.4 Å². The van der Waals surface area contributed by atoms with Crippen molar-refractivity contribution in [1.29, 1.82) is 0 Å². The number of nitrogens with one attached hydrogen (secondary N) is 2. The summed E-state index contributed by atoms with van der Waals surface area (Å²) in [7, 11) is 0. The first-order chi connectivity index (χ1) is 13.0. The average molecular weight is 370 g/mol. The van der Waals surface area contributed by atoms with Gasteiger partial charge in [-0.2, -0.15) is 5.10 Å². The molecule has 7 nitrogen and oxygen atoms in total. The van der Waals surface area contributed by atoms with E-state index in [1.165, 1.54) is 23.7 Å². The van der Waals surface area contributed by atoms with Crippen LogP contribution in [-0.4, -0.2) is 33.7 Å². The quantitative estimate of drug-likeness (QED) is 0.785. The Morgan fingerprint density at radius 2 is 1.96 bits per heavy atom.